The van der Waals surface area contributed by atoms with Gasteiger partial charge in [0.25, 0.3) is 0 Å². The Morgan fingerprint density at radius 1 is 1.62 bits per heavy atom. The van der Waals surface area contributed by atoms with Crippen LogP contribution in [0.25, 0.3) is 0 Å². The first-order valence-electron chi connectivity index (χ1n) is 5.36. The van der Waals surface area contributed by atoms with Crippen LogP contribution in [0.2, 0.25) is 0 Å². The third-order valence-electron chi connectivity index (χ3n) is 2.94. The van der Waals surface area contributed by atoms with Crippen LogP contribution in [0.15, 0.2) is 0 Å². The highest BCUT2D eigenvalue weighted by Crippen LogP contribution is 2.07. The van der Waals surface area contributed by atoms with E-state index in [1.807, 2.05) is 0 Å². The monoisotopic (exact) mass is 186 g/mol. The van der Waals surface area contributed by atoms with Crippen LogP contribution in [0.3, 0.4) is 0 Å². The van der Waals surface area contributed by atoms with E-state index < -0.39 is 0 Å². The Morgan fingerprint density at radius 3 is 3.00 bits per heavy atom. The van der Waals surface area contributed by atoms with E-state index in [1.165, 1.54) is 19.4 Å². The smallest absolute Gasteiger partial charge is 0.0597 e. The Labute approximate surface area is 81.1 Å². The van der Waals surface area contributed by atoms with Crippen molar-refractivity contribution >= 4 is 0 Å². The van der Waals surface area contributed by atoms with Gasteiger partial charge >= 0.3 is 0 Å². The zero-order valence-electron chi connectivity index (χ0n) is 8.79. The van der Waals surface area contributed by atoms with Crippen molar-refractivity contribution in [2.45, 2.75) is 38.8 Å². The molecule has 0 radical (unpaired) electrons. The van der Waals surface area contributed by atoms with Crippen molar-refractivity contribution in [3.05, 3.63) is 0 Å². The van der Waals surface area contributed by atoms with Crippen molar-refractivity contribution in [2.24, 2.45) is 0 Å². The molecule has 2 N–H and O–H groups in total. The lowest BCUT2D eigenvalue weighted by atomic mass is 10.2. The van der Waals surface area contributed by atoms with Gasteiger partial charge in [0.15, 0.2) is 0 Å². The predicted octanol–water partition coefficient (Wildman–Crippen LogP) is 0.441. The number of aliphatic hydroxyl groups is 1. The first kappa shape index (κ1) is 11.0. The van der Waals surface area contributed by atoms with E-state index in [-0.39, 0.29) is 12.6 Å². The Morgan fingerprint density at radius 2 is 2.38 bits per heavy atom. The molecule has 0 spiro atoms. The van der Waals surface area contributed by atoms with Crippen LogP contribution in [0.5, 0.6) is 0 Å². The molecule has 0 amide bonds. The van der Waals surface area contributed by atoms with E-state index >= 15 is 0 Å². The number of hydrogen-bond donors (Lipinski definition) is 2. The standard InChI is InChI=1S/C10H22N2O/c1-3-9(2)12-6-4-5-11-10(7-12)8-13/h9-11,13H,3-8H2,1-2H3. The molecule has 0 aromatic carbocycles. The van der Waals surface area contributed by atoms with Gasteiger partial charge in [-0.1, -0.05) is 6.92 Å². The minimum absolute atomic E-state index is 0.257. The first-order chi connectivity index (χ1) is 6.27. The van der Waals surface area contributed by atoms with Crippen LogP contribution in [-0.4, -0.2) is 48.3 Å². The highest BCUT2D eigenvalue weighted by Gasteiger charge is 2.19. The summed E-state index contributed by atoms with van der Waals surface area (Å²) in [6, 6.07) is 0.922. The van der Waals surface area contributed by atoms with Crippen molar-refractivity contribution in [1.82, 2.24) is 10.2 Å². The third-order valence-corrected chi connectivity index (χ3v) is 2.94. The van der Waals surface area contributed by atoms with Crippen LogP contribution < -0.4 is 5.32 Å². The summed E-state index contributed by atoms with van der Waals surface area (Å²) in [5, 5.41) is 12.4. The molecule has 2 unspecified atom stereocenters. The summed E-state index contributed by atoms with van der Waals surface area (Å²) in [6.07, 6.45) is 2.39. The number of rotatable bonds is 3. The first-order valence-corrected chi connectivity index (χ1v) is 5.36. The lowest BCUT2D eigenvalue weighted by Crippen LogP contribution is -2.43. The van der Waals surface area contributed by atoms with Gasteiger partial charge in [0.2, 0.25) is 0 Å². The zero-order chi connectivity index (χ0) is 9.68. The summed E-state index contributed by atoms with van der Waals surface area (Å²) in [4.78, 5) is 2.47. The Bertz CT molecular complexity index is 141. The van der Waals surface area contributed by atoms with E-state index in [0.717, 1.165) is 13.1 Å². The van der Waals surface area contributed by atoms with Gasteiger partial charge in [-0.05, 0) is 32.9 Å². The van der Waals surface area contributed by atoms with Gasteiger partial charge in [0.05, 0.1) is 6.61 Å². The van der Waals surface area contributed by atoms with Crippen LogP contribution >= 0.6 is 0 Å². The van der Waals surface area contributed by atoms with Crippen LogP contribution in [0, 0.1) is 0 Å². The lowest BCUT2D eigenvalue weighted by molar-refractivity contribution is 0.167. The molecule has 1 rings (SSSR count). The summed E-state index contributed by atoms with van der Waals surface area (Å²) < 4.78 is 0. The number of nitrogens with zero attached hydrogens (tertiary/aromatic N) is 1. The van der Waals surface area contributed by atoms with Gasteiger partial charge in [-0.2, -0.15) is 0 Å². The summed E-state index contributed by atoms with van der Waals surface area (Å²) in [5.74, 6) is 0. The van der Waals surface area contributed by atoms with Gasteiger partial charge in [-0.3, -0.25) is 4.90 Å². The minimum atomic E-state index is 0.257. The van der Waals surface area contributed by atoms with Gasteiger partial charge < -0.3 is 10.4 Å². The number of nitrogens with one attached hydrogen (secondary N) is 1. The molecule has 3 heteroatoms. The van der Waals surface area contributed by atoms with Gasteiger partial charge in [0.1, 0.15) is 0 Å². The molecule has 1 fully saturated rings. The van der Waals surface area contributed by atoms with Crippen molar-refractivity contribution < 1.29 is 5.11 Å². The SMILES string of the molecule is CCC(C)N1CCCNC(CO)C1. The quantitative estimate of drug-likeness (QED) is 0.671. The van der Waals surface area contributed by atoms with Gasteiger partial charge in [-0.25, -0.2) is 0 Å². The largest absolute Gasteiger partial charge is 0.395 e. The van der Waals surface area contributed by atoms with Crippen molar-refractivity contribution in [3.8, 4) is 0 Å². The van der Waals surface area contributed by atoms with Crippen LogP contribution in [-0.2, 0) is 0 Å². The van der Waals surface area contributed by atoms with E-state index in [2.05, 4.69) is 24.1 Å². The third kappa shape index (κ3) is 3.25. The second-order valence-corrected chi connectivity index (χ2v) is 3.94. The Balaban J connectivity index is 2.43. The van der Waals surface area contributed by atoms with E-state index in [9.17, 15) is 0 Å². The molecule has 0 aromatic heterocycles. The molecule has 0 bridgehead atoms. The summed E-state index contributed by atoms with van der Waals surface area (Å²) in [5.41, 5.74) is 0. The molecule has 2 atom stereocenters. The predicted molar refractivity (Wildman–Crippen MR) is 54.8 cm³/mol. The summed E-state index contributed by atoms with van der Waals surface area (Å²) in [6.45, 7) is 7.94. The number of aliphatic hydroxyl groups excluding tert-OH is 1. The summed E-state index contributed by atoms with van der Waals surface area (Å²) >= 11 is 0. The maximum absolute atomic E-state index is 9.10. The normalized spacial score (nSPS) is 28.4. The average Bonchev–Trinajstić information content (AvgIpc) is 2.41. The molecule has 13 heavy (non-hydrogen) atoms. The Hall–Kier alpha value is -0.120. The van der Waals surface area contributed by atoms with E-state index in [1.54, 1.807) is 0 Å². The molecule has 1 aliphatic rings. The second-order valence-electron chi connectivity index (χ2n) is 3.94. The van der Waals surface area contributed by atoms with E-state index in [0.29, 0.717) is 6.04 Å². The second kappa shape index (κ2) is 5.58. The van der Waals surface area contributed by atoms with Crippen LogP contribution in [0.4, 0.5) is 0 Å². The molecule has 3 nitrogen and oxygen atoms in total. The number of hydrogen-bond acceptors (Lipinski definition) is 3. The maximum Gasteiger partial charge on any atom is 0.0597 e. The zero-order valence-corrected chi connectivity index (χ0v) is 8.79. The molecule has 1 aliphatic heterocycles. The van der Waals surface area contributed by atoms with Crippen molar-refractivity contribution in [1.29, 1.82) is 0 Å². The highest BCUT2D eigenvalue weighted by atomic mass is 16.3. The minimum Gasteiger partial charge on any atom is -0.395 e. The fourth-order valence-electron chi connectivity index (χ4n) is 1.81. The fourth-order valence-corrected chi connectivity index (χ4v) is 1.81. The van der Waals surface area contributed by atoms with Crippen LogP contribution in [0.1, 0.15) is 26.7 Å². The molecule has 1 heterocycles. The van der Waals surface area contributed by atoms with E-state index in [4.69, 9.17) is 5.11 Å². The Kier molecular flexibility index (Phi) is 4.70. The summed E-state index contributed by atoms with van der Waals surface area (Å²) in [7, 11) is 0. The van der Waals surface area contributed by atoms with Crippen molar-refractivity contribution in [2.75, 3.05) is 26.2 Å². The molecule has 0 saturated carbocycles. The average molecular weight is 186 g/mol. The molecule has 0 aromatic rings. The maximum atomic E-state index is 9.10. The molecular weight excluding hydrogens is 164 g/mol. The van der Waals surface area contributed by atoms with Gasteiger partial charge in [-0.15, -0.1) is 0 Å². The highest BCUT2D eigenvalue weighted by molar-refractivity contribution is 4.78. The topological polar surface area (TPSA) is 35.5 Å². The lowest BCUT2D eigenvalue weighted by Gasteiger charge is -2.28. The van der Waals surface area contributed by atoms with Crippen molar-refractivity contribution in [3.63, 3.8) is 0 Å². The van der Waals surface area contributed by atoms with Gasteiger partial charge in [0, 0.05) is 18.6 Å². The molecular formula is C10H22N2O. The fraction of sp³-hybridized carbons (Fsp3) is 1.00. The molecule has 0 aliphatic carbocycles. The molecule has 1 saturated heterocycles. The molecule has 78 valence electrons.